The number of aliphatic hydroxyl groups excluding tert-OH is 1. The molecule has 0 aliphatic heterocycles. The van der Waals surface area contributed by atoms with Crippen molar-refractivity contribution in [1.82, 2.24) is 14.8 Å². The molecule has 5 heteroatoms. The molecule has 1 aromatic heterocycles. The van der Waals surface area contributed by atoms with E-state index >= 15 is 0 Å². The van der Waals surface area contributed by atoms with Gasteiger partial charge in [-0.25, -0.2) is 0 Å². The average molecular weight is 187 g/mol. The van der Waals surface area contributed by atoms with E-state index in [0.717, 1.165) is 11.0 Å². The van der Waals surface area contributed by atoms with E-state index in [1.54, 1.807) is 6.92 Å². The maximum absolute atomic E-state index is 9.03. The van der Waals surface area contributed by atoms with E-state index in [4.69, 9.17) is 5.11 Å². The van der Waals surface area contributed by atoms with Gasteiger partial charge in [0.15, 0.2) is 5.16 Å². The van der Waals surface area contributed by atoms with Gasteiger partial charge < -0.3 is 9.67 Å². The standard InChI is InChI=1S/C7H13N3OS/c1-5(11)4-12-7-9-8-6(2)10(7)3/h5,11H,4H2,1-3H3/t5-/m0/s1. The molecule has 0 saturated carbocycles. The van der Waals surface area contributed by atoms with Crippen LogP contribution in [-0.2, 0) is 7.05 Å². The Morgan fingerprint density at radius 2 is 2.25 bits per heavy atom. The lowest BCUT2D eigenvalue weighted by atomic mass is 10.5. The van der Waals surface area contributed by atoms with Gasteiger partial charge in [0, 0.05) is 12.8 Å². The number of hydrogen-bond donors (Lipinski definition) is 1. The van der Waals surface area contributed by atoms with Gasteiger partial charge in [0.1, 0.15) is 5.82 Å². The van der Waals surface area contributed by atoms with Crippen LogP contribution < -0.4 is 0 Å². The number of nitrogens with zero attached hydrogens (tertiary/aromatic N) is 3. The number of aliphatic hydroxyl groups is 1. The summed E-state index contributed by atoms with van der Waals surface area (Å²) < 4.78 is 1.91. The van der Waals surface area contributed by atoms with E-state index in [9.17, 15) is 0 Å². The number of aromatic nitrogens is 3. The van der Waals surface area contributed by atoms with Crippen LogP contribution in [0.2, 0.25) is 0 Å². The molecule has 0 aromatic carbocycles. The Hall–Kier alpha value is -0.550. The molecule has 1 heterocycles. The van der Waals surface area contributed by atoms with Crippen molar-refractivity contribution in [3.05, 3.63) is 5.82 Å². The molecule has 0 aliphatic carbocycles. The first kappa shape index (κ1) is 9.54. The molecule has 12 heavy (non-hydrogen) atoms. The summed E-state index contributed by atoms with van der Waals surface area (Å²) in [6, 6.07) is 0. The molecule has 4 nitrogen and oxygen atoms in total. The number of rotatable bonds is 3. The summed E-state index contributed by atoms with van der Waals surface area (Å²) in [5.41, 5.74) is 0. The predicted octanol–water partition coefficient (Wildman–Crippen LogP) is 0.596. The van der Waals surface area contributed by atoms with Crippen LogP contribution in [0.5, 0.6) is 0 Å². The molecule has 0 amide bonds. The summed E-state index contributed by atoms with van der Waals surface area (Å²) in [5.74, 6) is 1.55. The van der Waals surface area contributed by atoms with Crippen molar-refractivity contribution in [2.75, 3.05) is 5.75 Å². The molecule has 1 aromatic rings. The van der Waals surface area contributed by atoms with Crippen molar-refractivity contribution in [2.45, 2.75) is 25.1 Å². The Balaban J connectivity index is 2.58. The van der Waals surface area contributed by atoms with Gasteiger partial charge in [-0.1, -0.05) is 11.8 Å². The van der Waals surface area contributed by atoms with Gasteiger partial charge in [-0.15, -0.1) is 10.2 Å². The first-order valence-corrected chi connectivity index (χ1v) is 4.76. The number of aryl methyl sites for hydroxylation is 1. The summed E-state index contributed by atoms with van der Waals surface area (Å²) in [6.45, 7) is 3.66. The van der Waals surface area contributed by atoms with Gasteiger partial charge in [-0.3, -0.25) is 0 Å². The molecule has 1 atom stereocenters. The highest BCUT2D eigenvalue weighted by atomic mass is 32.2. The highest BCUT2D eigenvalue weighted by Gasteiger charge is 2.06. The molecule has 0 aliphatic rings. The van der Waals surface area contributed by atoms with Crippen LogP contribution in [0, 0.1) is 6.92 Å². The van der Waals surface area contributed by atoms with Crippen molar-refractivity contribution in [1.29, 1.82) is 0 Å². The fourth-order valence-corrected chi connectivity index (χ4v) is 1.52. The van der Waals surface area contributed by atoms with Crippen molar-refractivity contribution in [3.8, 4) is 0 Å². The van der Waals surface area contributed by atoms with Crippen LogP contribution in [0.3, 0.4) is 0 Å². The smallest absolute Gasteiger partial charge is 0.191 e. The van der Waals surface area contributed by atoms with Crippen molar-refractivity contribution in [2.24, 2.45) is 7.05 Å². The SMILES string of the molecule is Cc1nnc(SC[C@H](C)O)n1C. The Bertz CT molecular complexity index is 259. The van der Waals surface area contributed by atoms with Crippen molar-refractivity contribution < 1.29 is 5.11 Å². The molecular weight excluding hydrogens is 174 g/mol. The van der Waals surface area contributed by atoms with Crippen molar-refractivity contribution >= 4 is 11.8 Å². The zero-order chi connectivity index (χ0) is 9.14. The molecule has 0 radical (unpaired) electrons. The lowest BCUT2D eigenvalue weighted by molar-refractivity contribution is 0.220. The molecule has 0 spiro atoms. The van der Waals surface area contributed by atoms with Gasteiger partial charge in [-0.2, -0.15) is 0 Å². The fourth-order valence-electron chi connectivity index (χ4n) is 0.709. The molecule has 0 fully saturated rings. The quantitative estimate of drug-likeness (QED) is 0.704. The van der Waals surface area contributed by atoms with Crippen molar-refractivity contribution in [3.63, 3.8) is 0 Å². The lowest BCUT2D eigenvalue weighted by Crippen LogP contribution is -2.04. The van der Waals surface area contributed by atoms with Gasteiger partial charge in [0.2, 0.25) is 0 Å². The maximum atomic E-state index is 9.03. The van der Waals surface area contributed by atoms with Gasteiger partial charge >= 0.3 is 0 Å². The predicted molar refractivity (Wildman–Crippen MR) is 48.1 cm³/mol. The number of thioether (sulfide) groups is 1. The van der Waals surface area contributed by atoms with Crippen LogP contribution >= 0.6 is 11.8 Å². The highest BCUT2D eigenvalue weighted by Crippen LogP contribution is 2.15. The first-order chi connectivity index (χ1) is 5.61. The Labute approximate surface area is 76.0 Å². The van der Waals surface area contributed by atoms with E-state index < -0.39 is 0 Å². The summed E-state index contributed by atoms with van der Waals surface area (Å²) in [5, 5.41) is 17.7. The molecular formula is C7H13N3OS. The topological polar surface area (TPSA) is 50.9 Å². The van der Waals surface area contributed by atoms with Crippen LogP contribution in [0.25, 0.3) is 0 Å². The summed E-state index contributed by atoms with van der Waals surface area (Å²) in [4.78, 5) is 0. The zero-order valence-electron chi connectivity index (χ0n) is 7.48. The highest BCUT2D eigenvalue weighted by molar-refractivity contribution is 7.99. The Kier molecular flexibility index (Phi) is 3.11. The zero-order valence-corrected chi connectivity index (χ0v) is 8.30. The first-order valence-electron chi connectivity index (χ1n) is 3.78. The normalized spacial score (nSPS) is 13.3. The van der Waals surface area contributed by atoms with Crippen LogP contribution in [-0.4, -0.2) is 31.7 Å². The molecule has 0 saturated heterocycles. The van der Waals surface area contributed by atoms with Crippen LogP contribution in [0.4, 0.5) is 0 Å². The van der Waals surface area contributed by atoms with E-state index in [1.165, 1.54) is 11.8 Å². The Morgan fingerprint density at radius 3 is 2.67 bits per heavy atom. The average Bonchev–Trinajstić information content (AvgIpc) is 2.30. The molecule has 68 valence electrons. The second-order valence-electron chi connectivity index (χ2n) is 2.75. The molecule has 1 rings (SSSR count). The fraction of sp³-hybridized carbons (Fsp3) is 0.714. The van der Waals surface area contributed by atoms with Gasteiger partial charge in [0.25, 0.3) is 0 Å². The van der Waals surface area contributed by atoms with E-state index in [2.05, 4.69) is 10.2 Å². The third-order valence-electron chi connectivity index (χ3n) is 1.51. The minimum Gasteiger partial charge on any atom is -0.393 e. The lowest BCUT2D eigenvalue weighted by Gasteiger charge is -2.02. The molecule has 0 unspecified atom stereocenters. The summed E-state index contributed by atoms with van der Waals surface area (Å²) in [6.07, 6.45) is -0.299. The third kappa shape index (κ3) is 2.22. The monoisotopic (exact) mass is 187 g/mol. The van der Waals surface area contributed by atoms with E-state index in [0.29, 0.717) is 5.75 Å². The van der Waals surface area contributed by atoms with Crippen LogP contribution in [0.1, 0.15) is 12.7 Å². The second-order valence-corrected chi connectivity index (χ2v) is 3.74. The minimum absolute atomic E-state index is 0.299. The second kappa shape index (κ2) is 3.91. The Morgan fingerprint density at radius 1 is 1.58 bits per heavy atom. The molecule has 1 N–H and O–H groups in total. The molecule has 0 bridgehead atoms. The van der Waals surface area contributed by atoms with Gasteiger partial charge in [0.05, 0.1) is 6.10 Å². The summed E-state index contributed by atoms with van der Waals surface area (Å²) >= 11 is 1.52. The third-order valence-corrected chi connectivity index (χ3v) is 2.77. The maximum Gasteiger partial charge on any atom is 0.191 e. The van der Waals surface area contributed by atoms with E-state index in [-0.39, 0.29) is 6.10 Å². The van der Waals surface area contributed by atoms with E-state index in [1.807, 2.05) is 18.5 Å². The summed E-state index contributed by atoms with van der Waals surface area (Å²) in [7, 11) is 1.92. The van der Waals surface area contributed by atoms with Gasteiger partial charge in [-0.05, 0) is 13.8 Å². The largest absolute Gasteiger partial charge is 0.393 e. The number of hydrogen-bond acceptors (Lipinski definition) is 4. The van der Waals surface area contributed by atoms with Crippen LogP contribution in [0.15, 0.2) is 5.16 Å². The minimum atomic E-state index is -0.299.